The van der Waals surface area contributed by atoms with E-state index in [0.29, 0.717) is 11.4 Å². The van der Waals surface area contributed by atoms with E-state index in [2.05, 4.69) is 5.32 Å². The molecule has 2 rings (SSSR count). The van der Waals surface area contributed by atoms with Crippen LogP contribution in [0.3, 0.4) is 0 Å². The van der Waals surface area contributed by atoms with Gasteiger partial charge in [0.25, 0.3) is 0 Å². The van der Waals surface area contributed by atoms with Crippen LogP contribution in [-0.2, 0) is 14.4 Å². The molecule has 0 radical (unpaired) electrons. The summed E-state index contributed by atoms with van der Waals surface area (Å²) in [7, 11) is 0. The first kappa shape index (κ1) is 21.6. The summed E-state index contributed by atoms with van der Waals surface area (Å²) in [5.74, 6) is -3.14. The first-order valence-electron chi connectivity index (χ1n) is 8.90. The molecule has 0 aliphatic rings. The van der Waals surface area contributed by atoms with E-state index in [4.69, 9.17) is 10.2 Å². The standard InChI is InChI=1S/C21H22N2O6/c1-13-3-8-17(11-14(13)2)23(19(25)9-10-20(26)27)12-18(24)22-16-6-4-15(5-7-16)21(28)29/h3-8,11H,9-10,12H2,1-2H3,(H,22,24)(H,26,27)(H,28,29). The predicted molar refractivity (Wildman–Crippen MR) is 107 cm³/mol. The molecule has 0 aliphatic carbocycles. The van der Waals surface area contributed by atoms with Crippen LogP contribution in [-0.4, -0.2) is 40.5 Å². The number of carboxylic acid groups (broad SMARTS) is 2. The molecular formula is C21H22N2O6. The molecule has 8 heteroatoms. The van der Waals surface area contributed by atoms with E-state index < -0.39 is 23.8 Å². The van der Waals surface area contributed by atoms with Crippen molar-refractivity contribution < 1.29 is 29.4 Å². The molecule has 2 aromatic rings. The second-order valence-corrected chi connectivity index (χ2v) is 6.57. The van der Waals surface area contributed by atoms with Crippen molar-refractivity contribution >= 4 is 35.1 Å². The van der Waals surface area contributed by atoms with Gasteiger partial charge in [0.15, 0.2) is 0 Å². The molecule has 2 amide bonds. The van der Waals surface area contributed by atoms with Crippen LogP contribution in [0.4, 0.5) is 11.4 Å². The third-order valence-corrected chi connectivity index (χ3v) is 4.37. The maximum Gasteiger partial charge on any atom is 0.335 e. The van der Waals surface area contributed by atoms with Crippen molar-refractivity contribution in [2.75, 3.05) is 16.8 Å². The lowest BCUT2D eigenvalue weighted by Gasteiger charge is -2.23. The lowest BCUT2D eigenvalue weighted by Crippen LogP contribution is -2.38. The highest BCUT2D eigenvalue weighted by Crippen LogP contribution is 2.20. The fraction of sp³-hybridized carbons (Fsp3) is 0.238. The van der Waals surface area contributed by atoms with Gasteiger partial charge in [0, 0.05) is 17.8 Å². The maximum absolute atomic E-state index is 12.6. The first-order valence-corrected chi connectivity index (χ1v) is 8.90. The molecule has 0 unspecified atom stereocenters. The Morgan fingerprint density at radius 1 is 0.897 bits per heavy atom. The number of amides is 2. The number of aryl methyl sites for hydroxylation is 2. The smallest absolute Gasteiger partial charge is 0.335 e. The van der Waals surface area contributed by atoms with Crippen LogP contribution in [0.5, 0.6) is 0 Å². The van der Waals surface area contributed by atoms with Crippen LogP contribution in [0.25, 0.3) is 0 Å². The van der Waals surface area contributed by atoms with Crippen molar-refractivity contribution in [3.63, 3.8) is 0 Å². The summed E-state index contributed by atoms with van der Waals surface area (Å²) in [5, 5.41) is 20.4. The van der Waals surface area contributed by atoms with Gasteiger partial charge in [-0.15, -0.1) is 0 Å². The zero-order valence-corrected chi connectivity index (χ0v) is 16.1. The first-order chi connectivity index (χ1) is 13.7. The molecule has 0 spiro atoms. The van der Waals surface area contributed by atoms with E-state index >= 15 is 0 Å². The van der Waals surface area contributed by atoms with Gasteiger partial charge >= 0.3 is 11.9 Å². The highest BCUT2D eigenvalue weighted by molar-refractivity contribution is 6.03. The fourth-order valence-electron chi connectivity index (χ4n) is 2.61. The van der Waals surface area contributed by atoms with E-state index in [1.807, 2.05) is 19.9 Å². The van der Waals surface area contributed by atoms with Crippen molar-refractivity contribution in [3.8, 4) is 0 Å². The third-order valence-electron chi connectivity index (χ3n) is 4.37. The molecule has 0 aromatic heterocycles. The zero-order chi connectivity index (χ0) is 21.6. The van der Waals surface area contributed by atoms with E-state index in [-0.39, 0.29) is 24.9 Å². The summed E-state index contributed by atoms with van der Waals surface area (Å²) >= 11 is 0. The highest BCUT2D eigenvalue weighted by atomic mass is 16.4. The number of aliphatic carboxylic acids is 1. The third kappa shape index (κ3) is 6.17. The van der Waals surface area contributed by atoms with Crippen LogP contribution in [0.15, 0.2) is 42.5 Å². The fourth-order valence-corrected chi connectivity index (χ4v) is 2.61. The number of hydrogen-bond acceptors (Lipinski definition) is 4. The zero-order valence-electron chi connectivity index (χ0n) is 16.1. The van der Waals surface area contributed by atoms with Gasteiger partial charge in [0.2, 0.25) is 11.8 Å². The van der Waals surface area contributed by atoms with Crippen LogP contribution in [0.2, 0.25) is 0 Å². The van der Waals surface area contributed by atoms with Crippen LogP contribution in [0, 0.1) is 13.8 Å². The van der Waals surface area contributed by atoms with Gasteiger partial charge in [-0.25, -0.2) is 4.79 Å². The molecule has 0 aliphatic heterocycles. The van der Waals surface area contributed by atoms with Gasteiger partial charge in [-0.05, 0) is 61.4 Å². The molecule has 3 N–H and O–H groups in total. The lowest BCUT2D eigenvalue weighted by atomic mass is 10.1. The molecule has 0 heterocycles. The van der Waals surface area contributed by atoms with E-state index in [1.165, 1.54) is 29.2 Å². The second kappa shape index (κ2) is 9.50. The minimum absolute atomic E-state index is 0.0867. The molecule has 0 saturated heterocycles. The number of carbonyl (C=O) groups is 4. The molecule has 29 heavy (non-hydrogen) atoms. The molecule has 0 atom stereocenters. The minimum Gasteiger partial charge on any atom is -0.481 e. The molecular weight excluding hydrogens is 376 g/mol. The average Bonchev–Trinajstić information content (AvgIpc) is 2.67. The van der Waals surface area contributed by atoms with Crippen LogP contribution in [0.1, 0.15) is 34.3 Å². The lowest BCUT2D eigenvalue weighted by molar-refractivity contribution is -0.138. The molecule has 0 fully saturated rings. The number of hydrogen-bond donors (Lipinski definition) is 3. The average molecular weight is 398 g/mol. The Balaban J connectivity index is 2.17. The summed E-state index contributed by atoms with van der Waals surface area (Å²) in [6.45, 7) is 3.49. The van der Waals surface area contributed by atoms with Gasteiger partial charge < -0.3 is 20.4 Å². The Bertz CT molecular complexity index is 937. The maximum atomic E-state index is 12.6. The highest BCUT2D eigenvalue weighted by Gasteiger charge is 2.20. The van der Waals surface area contributed by atoms with E-state index in [0.717, 1.165) is 11.1 Å². The Labute approximate surface area is 167 Å². The molecule has 8 nitrogen and oxygen atoms in total. The molecule has 152 valence electrons. The Hall–Kier alpha value is -3.68. The molecule has 0 bridgehead atoms. The van der Waals surface area contributed by atoms with Crippen molar-refractivity contribution in [1.82, 2.24) is 0 Å². The number of carboxylic acids is 2. The SMILES string of the molecule is Cc1ccc(N(CC(=O)Nc2ccc(C(=O)O)cc2)C(=O)CCC(=O)O)cc1C. The van der Waals surface area contributed by atoms with Crippen molar-refractivity contribution in [2.45, 2.75) is 26.7 Å². The van der Waals surface area contributed by atoms with Gasteiger partial charge in [0.1, 0.15) is 6.54 Å². The number of anilines is 2. The van der Waals surface area contributed by atoms with Crippen LogP contribution >= 0.6 is 0 Å². The predicted octanol–water partition coefficient (Wildman–Crippen LogP) is 2.84. The summed E-state index contributed by atoms with van der Waals surface area (Å²) in [5.41, 5.74) is 2.93. The van der Waals surface area contributed by atoms with E-state index in [9.17, 15) is 19.2 Å². The topological polar surface area (TPSA) is 124 Å². The quantitative estimate of drug-likeness (QED) is 0.628. The van der Waals surface area contributed by atoms with E-state index in [1.54, 1.807) is 12.1 Å². The minimum atomic E-state index is -1.10. The summed E-state index contributed by atoms with van der Waals surface area (Å²) in [4.78, 5) is 48.0. The Kier molecular flexibility index (Phi) is 7.08. The summed E-state index contributed by atoms with van der Waals surface area (Å²) in [6, 6.07) is 10.9. The van der Waals surface area contributed by atoms with Crippen molar-refractivity contribution in [3.05, 3.63) is 59.2 Å². The molecule has 2 aromatic carbocycles. The Morgan fingerprint density at radius 3 is 2.10 bits per heavy atom. The number of rotatable bonds is 8. The van der Waals surface area contributed by atoms with Gasteiger partial charge in [-0.1, -0.05) is 6.07 Å². The number of aromatic carboxylic acids is 1. The Morgan fingerprint density at radius 2 is 1.55 bits per heavy atom. The summed E-state index contributed by atoms with van der Waals surface area (Å²) < 4.78 is 0. The summed E-state index contributed by atoms with van der Waals surface area (Å²) in [6.07, 6.45) is -0.568. The number of nitrogens with one attached hydrogen (secondary N) is 1. The van der Waals surface area contributed by atoms with Gasteiger partial charge in [0.05, 0.1) is 12.0 Å². The molecule has 0 saturated carbocycles. The van der Waals surface area contributed by atoms with Crippen LogP contribution < -0.4 is 10.2 Å². The van der Waals surface area contributed by atoms with Crippen molar-refractivity contribution in [2.24, 2.45) is 0 Å². The van der Waals surface area contributed by atoms with Gasteiger partial charge in [-0.3, -0.25) is 14.4 Å². The number of carbonyl (C=O) groups excluding carboxylic acids is 2. The normalized spacial score (nSPS) is 10.3. The second-order valence-electron chi connectivity index (χ2n) is 6.57. The van der Waals surface area contributed by atoms with Crippen molar-refractivity contribution in [1.29, 1.82) is 0 Å². The number of benzene rings is 2. The number of nitrogens with zero attached hydrogens (tertiary/aromatic N) is 1. The largest absolute Gasteiger partial charge is 0.481 e. The van der Waals surface area contributed by atoms with Gasteiger partial charge in [-0.2, -0.15) is 0 Å². The monoisotopic (exact) mass is 398 g/mol.